The molecule has 0 N–H and O–H groups in total. The van der Waals surface area contributed by atoms with Crippen LogP contribution in [0.4, 0.5) is 23.2 Å². The first-order valence-corrected chi connectivity index (χ1v) is 12.3. The maximum Gasteiger partial charge on any atom is 0.417 e. The van der Waals surface area contributed by atoms with Crippen LogP contribution in [0, 0.1) is 5.82 Å². The van der Waals surface area contributed by atoms with Crippen molar-refractivity contribution in [3.8, 4) is 11.1 Å². The Morgan fingerprint density at radius 1 is 0.944 bits per heavy atom. The molecule has 3 aromatic rings. The van der Waals surface area contributed by atoms with Gasteiger partial charge in [-0.3, -0.25) is 9.88 Å². The number of hydrogen-bond acceptors (Lipinski definition) is 4. The van der Waals surface area contributed by atoms with Crippen LogP contribution < -0.4 is 4.90 Å². The molecule has 0 saturated carbocycles. The smallest absolute Gasteiger partial charge is 0.369 e. The summed E-state index contributed by atoms with van der Waals surface area (Å²) >= 11 is 5.81. The number of alkyl halides is 3. The predicted molar refractivity (Wildman–Crippen MR) is 134 cm³/mol. The molecule has 0 unspecified atom stereocenters. The Labute approximate surface area is 213 Å². The molecule has 3 heterocycles. The highest BCUT2D eigenvalue weighted by Gasteiger charge is 2.34. The highest BCUT2D eigenvalue weighted by atomic mass is 35.5. The van der Waals surface area contributed by atoms with Crippen LogP contribution in [0.5, 0.6) is 0 Å². The van der Waals surface area contributed by atoms with Crippen LogP contribution in [-0.2, 0) is 25.7 Å². The zero-order chi connectivity index (χ0) is 25.4. The summed E-state index contributed by atoms with van der Waals surface area (Å²) in [7, 11) is 2.11. The quantitative estimate of drug-likeness (QED) is 0.403. The zero-order valence-corrected chi connectivity index (χ0v) is 20.7. The van der Waals surface area contributed by atoms with Crippen LogP contribution in [0.15, 0.2) is 48.7 Å². The van der Waals surface area contributed by atoms with Gasteiger partial charge in [-0.15, -0.1) is 0 Å². The lowest BCUT2D eigenvalue weighted by molar-refractivity contribution is -0.137. The Hall–Kier alpha value is -2.68. The number of pyridine rings is 1. The van der Waals surface area contributed by atoms with Crippen molar-refractivity contribution < 1.29 is 17.6 Å². The molecule has 1 saturated heterocycles. The molecule has 190 valence electrons. The second-order valence-corrected chi connectivity index (χ2v) is 9.94. The fourth-order valence-electron chi connectivity index (χ4n) is 5.06. The number of halogens is 5. The number of likely N-dealkylation sites (N-methyl/N-ethyl adjacent to an activating group) is 1. The average Bonchev–Trinajstić information content (AvgIpc) is 2.85. The summed E-state index contributed by atoms with van der Waals surface area (Å²) in [4.78, 5) is 11.3. The van der Waals surface area contributed by atoms with E-state index < -0.39 is 11.7 Å². The fraction of sp³-hybridized carbons (Fsp3) is 0.370. The monoisotopic (exact) mass is 518 g/mol. The van der Waals surface area contributed by atoms with Crippen molar-refractivity contribution in [2.45, 2.75) is 25.7 Å². The van der Waals surface area contributed by atoms with Gasteiger partial charge in [-0.1, -0.05) is 23.7 Å². The molecule has 0 bridgehead atoms. The zero-order valence-electron chi connectivity index (χ0n) is 20.0. The van der Waals surface area contributed by atoms with Crippen LogP contribution in [-0.4, -0.2) is 54.6 Å². The van der Waals surface area contributed by atoms with E-state index in [1.807, 2.05) is 6.07 Å². The summed E-state index contributed by atoms with van der Waals surface area (Å²) < 4.78 is 55.2. The summed E-state index contributed by atoms with van der Waals surface area (Å²) in [6, 6.07) is 10.6. The molecule has 0 radical (unpaired) electrons. The first-order valence-electron chi connectivity index (χ1n) is 12.0. The van der Waals surface area contributed by atoms with Crippen LogP contribution in [0.3, 0.4) is 0 Å². The van der Waals surface area contributed by atoms with E-state index in [-0.39, 0.29) is 16.4 Å². The van der Waals surface area contributed by atoms with Crippen molar-refractivity contribution in [1.82, 2.24) is 14.8 Å². The van der Waals surface area contributed by atoms with Crippen LogP contribution in [0.1, 0.15) is 22.4 Å². The number of benzene rings is 2. The second-order valence-electron chi connectivity index (χ2n) is 9.50. The van der Waals surface area contributed by atoms with E-state index in [0.29, 0.717) is 31.6 Å². The van der Waals surface area contributed by atoms with E-state index in [4.69, 9.17) is 11.6 Å². The Balaban J connectivity index is 1.34. The van der Waals surface area contributed by atoms with Gasteiger partial charge in [-0.05, 0) is 60.5 Å². The number of piperazine rings is 1. The maximum atomic E-state index is 14.6. The Kier molecular flexibility index (Phi) is 6.94. The van der Waals surface area contributed by atoms with Gasteiger partial charge < -0.3 is 9.80 Å². The van der Waals surface area contributed by atoms with E-state index in [2.05, 4.69) is 26.7 Å². The van der Waals surface area contributed by atoms with Gasteiger partial charge in [0.2, 0.25) is 0 Å². The van der Waals surface area contributed by atoms with Crippen LogP contribution in [0.2, 0.25) is 5.02 Å². The molecule has 5 rings (SSSR count). The van der Waals surface area contributed by atoms with E-state index >= 15 is 0 Å². The van der Waals surface area contributed by atoms with Gasteiger partial charge in [-0.2, -0.15) is 13.2 Å². The first kappa shape index (κ1) is 25.0. The van der Waals surface area contributed by atoms with Crippen molar-refractivity contribution in [2.24, 2.45) is 0 Å². The maximum absolute atomic E-state index is 14.6. The predicted octanol–water partition coefficient (Wildman–Crippen LogP) is 5.87. The summed E-state index contributed by atoms with van der Waals surface area (Å²) in [5.41, 5.74) is 3.30. The first-order chi connectivity index (χ1) is 17.2. The highest BCUT2D eigenvalue weighted by Crippen LogP contribution is 2.38. The van der Waals surface area contributed by atoms with Crippen LogP contribution in [0.25, 0.3) is 11.1 Å². The standard InChI is InChI=1S/C27H27ClF4N4/c1-34-10-12-36(13-11-34)26-7-6-25(29)22-8-9-35(17-23(22)26)16-20-4-2-18(15-33-20)21-5-3-19(28)14-24(21)27(30,31)32/h2-7,14-15H,8-13,16-17H2,1H3. The number of hydrogen-bond donors (Lipinski definition) is 0. The van der Waals surface area contributed by atoms with Gasteiger partial charge in [0.25, 0.3) is 0 Å². The molecular weight excluding hydrogens is 492 g/mol. The molecule has 2 aromatic carbocycles. The molecule has 4 nitrogen and oxygen atoms in total. The van der Waals surface area contributed by atoms with E-state index in [1.54, 1.807) is 18.2 Å². The third kappa shape index (κ3) is 5.21. The van der Waals surface area contributed by atoms with Gasteiger partial charge in [0.15, 0.2) is 0 Å². The number of rotatable bonds is 4. The summed E-state index contributed by atoms with van der Waals surface area (Å²) in [5.74, 6) is -0.159. The number of fused-ring (bicyclic) bond motifs is 1. The minimum Gasteiger partial charge on any atom is -0.369 e. The number of aromatic nitrogens is 1. The van der Waals surface area contributed by atoms with Crippen molar-refractivity contribution in [2.75, 3.05) is 44.7 Å². The largest absolute Gasteiger partial charge is 0.417 e. The van der Waals surface area contributed by atoms with E-state index in [9.17, 15) is 17.6 Å². The minimum atomic E-state index is -4.52. The Bertz CT molecular complexity index is 1240. The number of nitrogens with zero attached hydrogens (tertiary/aromatic N) is 4. The lowest BCUT2D eigenvalue weighted by atomic mass is 9.96. The third-order valence-corrected chi connectivity index (χ3v) is 7.30. The lowest BCUT2D eigenvalue weighted by Crippen LogP contribution is -2.45. The SMILES string of the molecule is CN1CCN(c2ccc(F)c3c2CN(Cc2ccc(-c4ccc(Cl)cc4C(F)(F)F)cn2)CC3)CC1. The van der Waals surface area contributed by atoms with E-state index in [0.717, 1.165) is 54.8 Å². The van der Waals surface area contributed by atoms with Crippen molar-refractivity contribution in [1.29, 1.82) is 0 Å². The summed E-state index contributed by atoms with van der Waals surface area (Å²) in [6.07, 6.45) is -2.43. The molecule has 36 heavy (non-hydrogen) atoms. The normalized spacial score (nSPS) is 17.3. The molecule has 9 heteroatoms. The fourth-order valence-corrected chi connectivity index (χ4v) is 5.23. The van der Waals surface area contributed by atoms with Crippen molar-refractivity contribution >= 4 is 17.3 Å². The van der Waals surface area contributed by atoms with E-state index in [1.165, 1.54) is 18.3 Å². The Morgan fingerprint density at radius 3 is 2.42 bits per heavy atom. The van der Waals surface area contributed by atoms with Gasteiger partial charge >= 0.3 is 6.18 Å². The molecule has 1 fully saturated rings. The highest BCUT2D eigenvalue weighted by molar-refractivity contribution is 6.30. The molecule has 0 spiro atoms. The van der Waals surface area contributed by atoms with Gasteiger partial charge in [0, 0.05) is 68.3 Å². The average molecular weight is 519 g/mol. The molecule has 0 atom stereocenters. The third-order valence-electron chi connectivity index (χ3n) is 7.06. The van der Waals surface area contributed by atoms with Crippen LogP contribution >= 0.6 is 11.6 Å². The molecule has 1 aromatic heterocycles. The summed E-state index contributed by atoms with van der Waals surface area (Å²) in [6.45, 7) is 5.57. The van der Waals surface area contributed by atoms with Gasteiger partial charge in [0.1, 0.15) is 5.82 Å². The van der Waals surface area contributed by atoms with Gasteiger partial charge in [0.05, 0.1) is 11.3 Å². The second kappa shape index (κ2) is 10.00. The number of anilines is 1. The molecule has 0 aliphatic carbocycles. The topological polar surface area (TPSA) is 22.6 Å². The van der Waals surface area contributed by atoms with Crippen molar-refractivity contribution in [3.63, 3.8) is 0 Å². The molecule has 2 aliphatic rings. The molecule has 0 amide bonds. The molecule has 2 aliphatic heterocycles. The lowest BCUT2D eigenvalue weighted by Gasteiger charge is -2.38. The minimum absolute atomic E-state index is 0.0356. The van der Waals surface area contributed by atoms with Gasteiger partial charge in [-0.25, -0.2) is 4.39 Å². The Morgan fingerprint density at radius 2 is 1.72 bits per heavy atom. The summed E-state index contributed by atoms with van der Waals surface area (Å²) in [5, 5.41) is 0.0356. The van der Waals surface area contributed by atoms with Crippen molar-refractivity contribution in [3.05, 3.63) is 81.9 Å². The molecular formula is C27H27ClF4N4.